The van der Waals surface area contributed by atoms with E-state index in [1.165, 1.54) is 0 Å². The number of benzene rings is 1. The average Bonchev–Trinajstić information content (AvgIpc) is 2.29. The number of hydrogen-bond donors (Lipinski definition) is 2. The number of carbonyl (C=O) groups is 1. The van der Waals surface area contributed by atoms with Gasteiger partial charge in [-0.1, -0.05) is 0 Å². The Kier molecular flexibility index (Phi) is 3.80. The summed E-state index contributed by atoms with van der Waals surface area (Å²) in [5.74, 6) is -3.85. The van der Waals surface area contributed by atoms with Crippen molar-refractivity contribution in [2.24, 2.45) is 5.73 Å². The first-order valence-corrected chi connectivity index (χ1v) is 4.62. The molecule has 0 aliphatic heterocycles. The Morgan fingerprint density at radius 1 is 1.44 bits per heavy atom. The van der Waals surface area contributed by atoms with Gasteiger partial charge in [0.2, 0.25) is 0 Å². The SMILES string of the molecule is COC(=O)[C@@H](N)c1c(C(F)(F)F)ccc(F)c1O. The first kappa shape index (κ1) is 14.2. The first-order valence-electron chi connectivity index (χ1n) is 4.62. The van der Waals surface area contributed by atoms with Crippen LogP contribution in [0.25, 0.3) is 0 Å². The molecule has 0 radical (unpaired) electrons. The fraction of sp³-hybridized carbons (Fsp3) is 0.300. The molecule has 0 aliphatic rings. The number of phenolic OH excluding ortho intramolecular Hbond substituents is 1. The number of halogens is 4. The van der Waals surface area contributed by atoms with Gasteiger partial charge in [-0.2, -0.15) is 13.2 Å². The third kappa shape index (κ3) is 2.53. The van der Waals surface area contributed by atoms with E-state index in [0.29, 0.717) is 12.1 Å². The molecule has 0 spiro atoms. The summed E-state index contributed by atoms with van der Waals surface area (Å²) in [5.41, 5.74) is 2.78. The summed E-state index contributed by atoms with van der Waals surface area (Å²) in [4.78, 5) is 11.1. The van der Waals surface area contributed by atoms with E-state index in [0.717, 1.165) is 7.11 Å². The minimum atomic E-state index is -4.88. The van der Waals surface area contributed by atoms with E-state index in [1.807, 2.05) is 0 Å². The topological polar surface area (TPSA) is 72.5 Å². The van der Waals surface area contributed by atoms with Crippen LogP contribution in [0, 0.1) is 5.82 Å². The van der Waals surface area contributed by atoms with Gasteiger partial charge in [0.25, 0.3) is 0 Å². The Hall–Kier alpha value is -1.83. The van der Waals surface area contributed by atoms with Crippen molar-refractivity contribution in [2.45, 2.75) is 12.2 Å². The van der Waals surface area contributed by atoms with Gasteiger partial charge >= 0.3 is 12.1 Å². The van der Waals surface area contributed by atoms with E-state index in [-0.39, 0.29) is 0 Å². The third-order valence-corrected chi connectivity index (χ3v) is 2.24. The molecule has 0 aliphatic carbocycles. The lowest BCUT2D eigenvalue weighted by Gasteiger charge is -2.18. The van der Waals surface area contributed by atoms with Crippen LogP contribution in [0.15, 0.2) is 12.1 Å². The highest BCUT2D eigenvalue weighted by molar-refractivity contribution is 5.79. The smallest absolute Gasteiger partial charge is 0.416 e. The van der Waals surface area contributed by atoms with E-state index in [4.69, 9.17) is 5.73 Å². The van der Waals surface area contributed by atoms with E-state index >= 15 is 0 Å². The maximum absolute atomic E-state index is 13.1. The summed E-state index contributed by atoms with van der Waals surface area (Å²) in [5, 5.41) is 9.29. The van der Waals surface area contributed by atoms with Crippen LogP contribution in [0.4, 0.5) is 17.6 Å². The number of phenols is 1. The van der Waals surface area contributed by atoms with Crippen LogP contribution in [-0.2, 0) is 15.7 Å². The molecule has 4 nitrogen and oxygen atoms in total. The molecular weight excluding hydrogens is 258 g/mol. The molecule has 8 heteroatoms. The zero-order valence-electron chi connectivity index (χ0n) is 9.08. The summed E-state index contributed by atoms with van der Waals surface area (Å²) < 4.78 is 55.2. The van der Waals surface area contributed by atoms with Crippen LogP contribution in [0.3, 0.4) is 0 Å². The number of hydrogen-bond acceptors (Lipinski definition) is 4. The van der Waals surface area contributed by atoms with Gasteiger partial charge in [0.1, 0.15) is 6.04 Å². The second-order valence-corrected chi connectivity index (χ2v) is 3.36. The molecule has 0 saturated heterocycles. The maximum atomic E-state index is 13.1. The van der Waals surface area contributed by atoms with E-state index < -0.39 is 40.9 Å². The number of carbonyl (C=O) groups excluding carboxylic acids is 1. The monoisotopic (exact) mass is 267 g/mol. The average molecular weight is 267 g/mol. The van der Waals surface area contributed by atoms with Crippen LogP contribution in [0.5, 0.6) is 5.75 Å². The molecule has 0 amide bonds. The summed E-state index contributed by atoms with van der Waals surface area (Å²) in [6, 6.07) is -1.10. The van der Waals surface area contributed by atoms with Gasteiger partial charge in [-0.3, -0.25) is 4.79 Å². The van der Waals surface area contributed by atoms with Crippen molar-refractivity contribution in [3.63, 3.8) is 0 Å². The largest absolute Gasteiger partial charge is 0.505 e. The second-order valence-electron chi connectivity index (χ2n) is 3.36. The number of ether oxygens (including phenoxy) is 1. The molecular formula is C10H9F4NO3. The fourth-order valence-electron chi connectivity index (χ4n) is 1.39. The molecule has 1 aromatic rings. The van der Waals surface area contributed by atoms with Crippen molar-refractivity contribution in [1.29, 1.82) is 0 Å². The lowest BCUT2D eigenvalue weighted by atomic mass is 9.99. The summed E-state index contributed by atoms with van der Waals surface area (Å²) >= 11 is 0. The molecule has 3 N–H and O–H groups in total. The standard InChI is InChI=1S/C10H9F4NO3/c1-18-9(17)7(15)6-4(10(12,13)14)2-3-5(11)8(6)16/h2-3,7,16H,15H2,1H3/t7-/m0/s1. The van der Waals surface area contributed by atoms with E-state index in [9.17, 15) is 27.5 Å². The Morgan fingerprint density at radius 3 is 2.44 bits per heavy atom. The van der Waals surface area contributed by atoms with Crippen molar-refractivity contribution in [3.8, 4) is 5.75 Å². The Bertz CT molecular complexity index is 473. The van der Waals surface area contributed by atoms with Crippen LogP contribution >= 0.6 is 0 Å². The van der Waals surface area contributed by atoms with E-state index in [1.54, 1.807) is 0 Å². The lowest BCUT2D eigenvalue weighted by Crippen LogP contribution is -2.26. The van der Waals surface area contributed by atoms with Gasteiger partial charge in [-0.05, 0) is 12.1 Å². The second kappa shape index (κ2) is 4.81. The number of rotatable bonds is 2. The zero-order valence-corrected chi connectivity index (χ0v) is 9.08. The number of nitrogens with two attached hydrogens (primary N) is 1. The van der Waals surface area contributed by atoms with Crippen LogP contribution in [-0.4, -0.2) is 18.2 Å². The summed E-state index contributed by atoms with van der Waals surface area (Å²) in [7, 11) is 0.909. The molecule has 100 valence electrons. The van der Waals surface area contributed by atoms with Gasteiger partial charge < -0.3 is 15.6 Å². The molecule has 0 unspecified atom stereocenters. The molecule has 1 atom stereocenters. The Labute approximate surface area is 99.0 Å². The van der Waals surface area contributed by atoms with Crippen molar-refractivity contribution in [1.82, 2.24) is 0 Å². The molecule has 0 fully saturated rings. The molecule has 0 heterocycles. The summed E-state index contributed by atoms with van der Waals surface area (Å²) in [6.45, 7) is 0. The van der Waals surface area contributed by atoms with Gasteiger partial charge in [0, 0.05) is 5.56 Å². The van der Waals surface area contributed by atoms with Crippen LogP contribution in [0.1, 0.15) is 17.2 Å². The minimum Gasteiger partial charge on any atom is -0.505 e. The van der Waals surface area contributed by atoms with E-state index in [2.05, 4.69) is 4.74 Å². The predicted octanol–water partition coefficient (Wildman–Crippen LogP) is 1.72. The number of aromatic hydroxyl groups is 1. The highest BCUT2D eigenvalue weighted by atomic mass is 19.4. The van der Waals surface area contributed by atoms with Crippen molar-refractivity contribution in [3.05, 3.63) is 29.1 Å². The highest BCUT2D eigenvalue weighted by Crippen LogP contribution is 2.39. The first-order chi connectivity index (χ1) is 8.20. The molecule has 0 saturated carbocycles. The molecule has 18 heavy (non-hydrogen) atoms. The number of methoxy groups -OCH3 is 1. The van der Waals surface area contributed by atoms with Gasteiger partial charge in [-0.25, -0.2) is 4.39 Å². The maximum Gasteiger partial charge on any atom is 0.416 e. The lowest BCUT2D eigenvalue weighted by molar-refractivity contribution is -0.144. The third-order valence-electron chi connectivity index (χ3n) is 2.24. The zero-order chi connectivity index (χ0) is 14.1. The van der Waals surface area contributed by atoms with Crippen LogP contribution in [0.2, 0.25) is 0 Å². The normalized spacial score (nSPS) is 13.2. The minimum absolute atomic E-state index is 0.396. The van der Waals surface area contributed by atoms with Gasteiger partial charge in [0.05, 0.1) is 12.7 Å². The van der Waals surface area contributed by atoms with Gasteiger partial charge in [0.15, 0.2) is 11.6 Å². The molecule has 1 aromatic carbocycles. The fourth-order valence-corrected chi connectivity index (χ4v) is 1.39. The van der Waals surface area contributed by atoms with Crippen molar-refractivity contribution < 1.29 is 32.2 Å². The Balaban J connectivity index is 3.48. The number of esters is 1. The number of alkyl halides is 3. The predicted molar refractivity (Wildman–Crippen MR) is 52.0 cm³/mol. The quantitative estimate of drug-likeness (QED) is 0.632. The summed E-state index contributed by atoms with van der Waals surface area (Å²) in [6.07, 6.45) is -4.88. The van der Waals surface area contributed by atoms with Crippen molar-refractivity contribution >= 4 is 5.97 Å². The highest BCUT2D eigenvalue weighted by Gasteiger charge is 2.38. The van der Waals surface area contributed by atoms with Gasteiger partial charge in [-0.15, -0.1) is 0 Å². The Morgan fingerprint density at radius 2 is 2.00 bits per heavy atom. The van der Waals surface area contributed by atoms with Crippen LogP contribution < -0.4 is 5.73 Å². The van der Waals surface area contributed by atoms with Crippen molar-refractivity contribution in [2.75, 3.05) is 7.11 Å². The molecule has 0 aromatic heterocycles. The molecule has 1 rings (SSSR count). The molecule has 0 bridgehead atoms.